The van der Waals surface area contributed by atoms with Crippen LogP contribution in [0.15, 0.2) is 35.7 Å². The van der Waals surface area contributed by atoms with Gasteiger partial charge in [0.2, 0.25) is 0 Å². The van der Waals surface area contributed by atoms with E-state index in [9.17, 15) is 14.7 Å². The molecule has 0 saturated carbocycles. The Bertz CT molecular complexity index is 689. The first-order valence-corrected chi connectivity index (χ1v) is 8.30. The maximum Gasteiger partial charge on any atom is 0.313 e. The summed E-state index contributed by atoms with van der Waals surface area (Å²) >= 11 is 7.41. The molecule has 7 heteroatoms. The van der Waals surface area contributed by atoms with Gasteiger partial charge in [-0.3, -0.25) is 9.59 Å². The number of nitrogens with one attached hydrogen (secondary N) is 2. The molecule has 23 heavy (non-hydrogen) atoms. The topological polar surface area (TPSA) is 78.4 Å². The molecule has 0 spiro atoms. The van der Waals surface area contributed by atoms with Crippen LogP contribution in [0.3, 0.4) is 0 Å². The summed E-state index contributed by atoms with van der Waals surface area (Å²) in [6, 6.07) is 8.69. The number of carbonyl (C=O) groups is 2. The molecule has 2 rings (SSSR count). The third kappa shape index (κ3) is 5.06. The molecule has 1 atom stereocenters. The SMILES string of the molecule is Cc1ccc(NC(=O)C(=O)NCCC(O)c2cccs2)cc1Cl. The molecule has 0 aliphatic heterocycles. The van der Waals surface area contributed by atoms with Crippen LogP contribution in [0.1, 0.15) is 23.0 Å². The zero-order chi connectivity index (χ0) is 16.8. The second-order valence-corrected chi connectivity index (χ2v) is 6.38. The average Bonchev–Trinajstić information content (AvgIpc) is 3.05. The van der Waals surface area contributed by atoms with Crippen LogP contribution < -0.4 is 10.6 Å². The van der Waals surface area contributed by atoms with Crippen molar-refractivity contribution in [3.63, 3.8) is 0 Å². The molecule has 2 aromatic rings. The van der Waals surface area contributed by atoms with Crippen LogP contribution in [0.5, 0.6) is 0 Å². The largest absolute Gasteiger partial charge is 0.388 e. The maximum atomic E-state index is 11.8. The summed E-state index contributed by atoms with van der Waals surface area (Å²) in [5, 5.41) is 17.2. The van der Waals surface area contributed by atoms with Crippen molar-refractivity contribution in [1.29, 1.82) is 0 Å². The van der Waals surface area contributed by atoms with E-state index in [0.717, 1.165) is 10.4 Å². The van der Waals surface area contributed by atoms with Crippen molar-refractivity contribution in [3.05, 3.63) is 51.2 Å². The van der Waals surface area contributed by atoms with Crippen molar-refractivity contribution < 1.29 is 14.7 Å². The number of halogens is 1. The lowest BCUT2D eigenvalue weighted by Gasteiger charge is -2.10. The Labute approximate surface area is 143 Å². The third-order valence-corrected chi connectivity index (χ3v) is 4.59. The second kappa shape index (κ2) is 8.10. The highest BCUT2D eigenvalue weighted by atomic mass is 35.5. The molecule has 1 aromatic heterocycles. The van der Waals surface area contributed by atoms with Crippen LogP contribution in [0.25, 0.3) is 0 Å². The van der Waals surface area contributed by atoms with Gasteiger partial charge in [-0.15, -0.1) is 11.3 Å². The number of amides is 2. The molecule has 2 amide bonds. The van der Waals surface area contributed by atoms with Gasteiger partial charge < -0.3 is 15.7 Å². The van der Waals surface area contributed by atoms with Gasteiger partial charge in [0.1, 0.15) is 0 Å². The predicted molar refractivity (Wildman–Crippen MR) is 91.7 cm³/mol. The van der Waals surface area contributed by atoms with Crippen LogP contribution in [-0.4, -0.2) is 23.5 Å². The molecule has 1 aromatic carbocycles. The van der Waals surface area contributed by atoms with Crippen molar-refractivity contribution in [2.45, 2.75) is 19.4 Å². The highest BCUT2D eigenvalue weighted by Gasteiger charge is 2.15. The van der Waals surface area contributed by atoms with Gasteiger partial charge in [0.25, 0.3) is 0 Å². The molecule has 0 fully saturated rings. The van der Waals surface area contributed by atoms with Crippen LogP contribution in [0.4, 0.5) is 5.69 Å². The molecule has 0 aliphatic carbocycles. The summed E-state index contributed by atoms with van der Waals surface area (Å²) in [6.45, 7) is 2.06. The Morgan fingerprint density at radius 1 is 1.30 bits per heavy atom. The van der Waals surface area contributed by atoms with E-state index in [1.165, 1.54) is 11.3 Å². The van der Waals surface area contributed by atoms with Crippen molar-refractivity contribution in [2.75, 3.05) is 11.9 Å². The van der Waals surface area contributed by atoms with E-state index in [4.69, 9.17) is 11.6 Å². The zero-order valence-corrected chi connectivity index (χ0v) is 14.1. The first kappa shape index (κ1) is 17.5. The molecule has 3 N–H and O–H groups in total. The summed E-state index contributed by atoms with van der Waals surface area (Å²) in [5.41, 5.74) is 1.34. The summed E-state index contributed by atoms with van der Waals surface area (Å²) in [6.07, 6.45) is -0.301. The van der Waals surface area contributed by atoms with Crippen LogP contribution in [0.2, 0.25) is 5.02 Å². The lowest BCUT2D eigenvalue weighted by Crippen LogP contribution is -2.36. The smallest absolute Gasteiger partial charge is 0.313 e. The minimum Gasteiger partial charge on any atom is -0.388 e. The predicted octanol–water partition coefficient (Wildman–Crippen LogP) is 2.89. The summed E-state index contributed by atoms with van der Waals surface area (Å²) < 4.78 is 0. The fraction of sp³-hybridized carbons (Fsp3) is 0.250. The second-order valence-electron chi connectivity index (χ2n) is 4.99. The fourth-order valence-corrected chi connectivity index (χ4v) is 2.81. The van der Waals surface area contributed by atoms with Gasteiger partial charge in [0, 0.05) is 22.1 Å². The van der Waals surface area contributed by atoms with E-state index < -0.39 is 17.9 Å². The highest BCUT2D eigenvalue weighted by molar-refractivity contribution is 7.10. The summed E-state index contributed by atoms with van der Waals surface area (Å²) in [5.74, 6) is -1.52. The molecule has 122 valence electrons. The Balaban J connectivity index is 1.78. The molecule has 0 saturated heterocycles. The van der Waals surface area contributed by atoms with Crippen LogP contribution >= 0.6 is 22.9 Å². The molecule has 1 heterocycles. The lowest BCUT2D eigenvalue weighted by atomic mass is 10.2. The monoisotopic (exact) mass is 352 g/mol. The quantitative estimate of drug-likeness (QED) is 0.724. The molecule has 0 radical (unpaired) electrons. The number of hydrogen-bond acceptors (Lipinski definition) is 4. The lowest BCUT2D eigenvalue weighted by molar-refractivity contribution is -0.136. The number of anilines is 1. The van der Waals surface area contributed by atoms with Gasteiger partial charge in [0.05, 0.1) is 6.10 Å². The van der Waals surface area contributed by atoms with Crippen molar-refractivity contribution in [3.8, 4) is 0 Å². The fourth-order valence-electron chi connectivity index (χ4n) is 1.88. The van der Waals surface area contributed by atoms with Gasteiger partial charge in [-0.25, -0.2) is 0 Å². The van der Waals surface area contributed by atoms with Gasteiger partial charge in [0.15, 0.2) is 0 Å². The van der Waals surface area contributed by atoms with E-state index >= 15 is 0 Å². The molecule has 0 aliphatic rings. The number of aliphatic hydroxyl groups is 1. The highest BCUT2D eigenvalue weighted by Crippen LogP contribution is 2.21. The van der Waals surface area contributed by atoms with E-state index in [-0.39, 0.29) is 6.54 Å². The van der Waals surface area contributed by atoms with Crippen LogP contribution in [0, 0.1) is 6.92 Å². The Hall–Kier alpha value is -1.89. The standard InChI is InChI=1S/C16H17ClN2O3S/c1-10-4-5-11(9-12(10)17)19-16(22)15(21)18-7-6-13(20)14-3-2-8-23-14/h2-5,8-9,13,20H,6-7H2,1H3,(H,18,21)(H,19,22). The van der Waals surface area contributed by atoms with Gasteiger partial charge in [-0.2, -0.15) is 0 Å². The number of rotatable bonds is 5. The van der Waals surface area contributed by atoms with E-state index in [1.54, 1.807) is 18.2 Å². The normalized spacial score (nSPS) is 11.8. The number of hydrogen-bond donors (Lipinski definition) is 3. The first-order valence-electron chi connectivity index (χ1n) is 7.04. The zero-order valence-electron chi connectivity index (χ0n) is 12.5. The van der Waals surface area contributed by atoms with Crippen molar-refractivity contribution in [2.24, 2.45) is 0 Å². The Morgan fingerprint density at radius 2 is 2.09 bits per heavy atom. The number of aryl methyl sites for hydroxylation is 1. The van der Waals surface area contributed by atoms with E-state index in [1.807, 2.05) is 24.4 Å². The van der Waals surface area contributed by atoms with Crippen LogP contribution in [-0.2, 0) is 9.59 Å². The molecule has 0 bridgehead atoms. The molecule has 5 nitrogen and oxygen atoms in total. The molecular formula is C16H17ClN2O3S. The van der Waals surface area contributed by atoms with E-state index in [2.05, 4.69) is 10.6 Å². The Morgan fingerprint density at radius 3 is 2.74 bits per heavy atom. The van der Waals surface area contributed by atoms with Gasteiger partial charge in [-0.05, 0) is 42.5 Å². The Kier molecular flexibility index (Phi) is 6.15. The van der Waals surface area contributed by atoms with Gasteiger partial charge in [-0.1, -0.05) is 23.7 Å². The van der Waals surface area contributed by atoms with Gasteiger partial charge >= 0.3 is 11.8 Å². The first-order chi connectivity index (χ1) is 11.0. The average molecular weight is 353 g/mol. The van der Waals surface area contributed by atoms with Crippen molar-refractivity contribution >= 4 is 40.4 Å². The minimum absolute atomic E-state index is 0.208. The number of aliphatic hydroxyl groups excluding tert-OH is 1. The minimum atomic E-state index is -0.768. The summed E-state index contributed by atoms with van der Waals surface area (Å²) in [4.78, 5) is 24.3. The van der Waals surface area contributed by atoms with Crippen molar-refractivity contribution in [1.82, 2.24) is 5.32 Å². The third-order valence-electron chi connectivity index (χ3n) is 3.21. The summed E-state index contributed by atoms with van der Waals surface area (Å²) in [7, 11) is 0. The molecule has 1 unspecified atom stereocenters. The van der Waals surface area contributed by atoms with E-state index in [0.29, 0.717) is 17.1 Å². The number of thiophene rings is 1. The number of carbonyl (C=O) groups excluding carboxylic acids is 2. The molecular weight excluding hydrogens is 336 g/mol. The maximum absolute atomic E-state index is 11.8. The number of benzene rings is 1.